The van der Waals surface area contributed by atoms with Crippen molar-refractivity contribution in [2.45, 2.75) is 32.4 Å². The van der Waals surface area contributed by atoms with Gasteiger partial charge < -0.3 is 15.2 Å². The normalized spacial score (nSPS) is 22.4. The van der Waals surface area contributed by atoms with E-state index in [1.54, 1.807) is 0 Å². The number of urea groups is 1. The van der Waals surface area contributed by atoms with Gasteiger partial charge in [-0.15, -0.1) is 0 Å². The standard InChI is InChI=1S/C20H26N4O/c1-4-24(5-2)20(25)22-14-10-16-15-7-6-8-17-19(15)13(11-21-17)9-18(16)23(3)12-14/h6-8,10-11,14,18,21H,4-5,9,12H2,1-3H3,(H,22,25)/p+1/t14-,18+/m0/s1. The fourth-order valence-electron chi connectivity index (χ4n) is 4.30. The first-order valence-electron chi connectivity index (χ1n) is 9.19. The van der Waals surface area contributed by atoms with Gasteiger partial charge in [0.05, 0.1) is 6.04 Å². The maximum Gasteiger partial charge on any atom is 1.00 e. The number of nitrogens with one attached hydrogen (secondary N) is 2. The summed E-state index contributed by atoms with van der Waals surface area (Å²) in [5.41, 5.74) is 5.24. The van der Waals surface area contributed by atoms with Crippen molar-refractivity contribution in [1.29, 1.82) is 0 Å². The number of hydrogen-bond donors (Lipinski definition) is 2. The third-order valence-electron chi connectivity index (χ3n) is 5.63. The molecule has 5 nitrogen and oxygen atoms in total. The molecule has 0 unspecified atom stereocenters. The van der Waals surface area contributed by atoms with Gasteiger partial charge in [0.1, 0.15) is 0 Å². The Kier molecular flexibility index (Phi) is 4.04. The average Bonchev–Trinajstić information content (AvgIpc) is 3.02. The minimum absolute atomic E-state index is 0. The van der Waals surface area contributed by atoms with E-state index in [1.165, 1.54) is 27.6 Å². The lowest BCUT2D eigenvalue weighted by Gasteiger charge is -2.40. The zero-order valence-corrected chi connectivity index (χ0v) is 15.2. The first kappa shape index (κ1) is 16.2. The second-order valence-corrected chi connectivity index (χ2v) is 7.05. The molecule has 0 saturated carbocycles. The minimum Gasteiger partial charge on any atom is -0.361 e. The number of benzene rings is 1. The number of likely N-dealkylation sites (N-methyl/N-ethyl adjacent to an activating group) is 1. The second-order valence-electron chi connectivity index (χ2n) is 7.05. The number of amides is 2. The van der Waals surface area contributed by atoms with Crippen LogP contribution in [0.2, 0.25) is 0 Å². The van der Waals surface area contributed by atoms with Crippen LogP contribution in [-0.2, 0) is 6.42 Å². The molecule has 25 heavy (non-hydrogen) atoms. The number of nitrogens with zero attached hydrogens (tertiary/aromatic N) is 2. The van der Waals surface area contributed by atoms with Crippen molar-refractivity contribution >= 4 is 22.5 Å². The van der Waals surface area contributed by atoms with E-state index in [4.69, 9.17) is 0 Å². The Balaban J connectivity index is 0.00000196. The lowest BCUT2D eigenvalue weighted by atomic mass is 9.81. The van der Waals surface area contributed by atoms with Crippen LogP contribution in [0.3, 0.4) is 0 Å². The van der Waals surface area contributed by atoms with Crippen LogP contribution in [0.15, 0.2) is 30.5 Å². The van der Waals surface area contributed by atoms with Crippen molar-refractivity contribution in [2.75, 3.05) is 26.7 Å². The highest BCUT2D eigenvalue weighted by Gasteiger charge is 2.34. The summed E-state index contributed by atoms with van der Waals surface area (Å²) in [5.74, 6) is 0. The van der Waals surface area contributed by atoms with E-state index in [9.17, 15) is 4.79 Å². The molecule has 5 heteroatoms. The molecule has 4 rings (SSSR count). The highest BCUT2D eigenvalue weighted by Crippen LogP contribution is 2.39. The number of carbonyl (C=O) groups excluding carboxylic acids is 1. The predicted octanol–water partition coefficient (Wildman–Crippen LogP) is 2.95. The van der Waals surface area contributed by atoms with Gasteiger partial charge in [0.2, 0.25) is 0 Å². The molecule has 0 saturated heterocycles. The van der Waals surface area contributed by atoms with Gasteiger partial charge in [-0.3, -0.25) is 4.90 Å². The van der Waals surface area contributed by atoms with Gasteiger partial charge in [-0.2, -0.15) is 0 Å². The third kappa shape index (κ3) is 2.63. The molecule has 2 amide bonds. The van der Waals surface area contributed by atoms with Crippen LogP contribution >= 0.6 is 0 Å². The number of hydrogen-bond acceptors (Lipinski definition) is 2. The van der Waals surface area contributed by atoms with Crippen LogP contribution in [-0.4, -0.2) is 59.6 Å². The van der Waals surface area contributed by atoms with Crippen LogP contribution in [0.25, 0.3) is 16.5 Å². The third-order valence-corrected chi connectivity index (χ3v) is 5.63. The Morgan fingerprint density at radius 3 is 2.96 bits per heavy atom. The monoisotopic (exact) mass is 339 g/mol. The molecule has 2 aliphatic rings. The first-order chi connectivity index (χ1) is 12.1. The summed E-state index contributed by atoms with van der Waals surface area (Å²) in [6, 6.07) is 6.90. The van der Waals surface area contributed by atoms with E-state index < -0.39 is 0 Å². The zero-order chi connectivity index (χ0) is 17.6. The maximum atomic E-state index is 12.4. The number of rotatable bonds is 3. The summed E-state index contributed by atoms with van der Waals surface area (Å²) in [6.45, 7) is 6.34. The largest absolute Gasteiger partial charge is 1.00 e. The molecule has 0 spiro atoms. The van der Waals surface area contributed by atoms with Crippen LogP contribution in [0.1, 0.15) is 26.4 Å². The van der Waals surface area contributed by atoms with Gasteiger partial charge in [0.15, 0.2) is 0 Å². The van der Waals surface area contributed by atoms with E-state index in [1.807, 2.05) is 18.7 Å². The van der Waals surface area contributed by atoms with E-state index in [0.29, 0.717) is 6.04 Å². The van der Waals surface area contributed by atoms with Crippen molar-refractivity contribution in [2.24, 2.45) is 0 Å². The van der Waals surface area contributed by atoms with Crippen molar-refractivity contribution in [3.8, 4) is 0 Å². The number of aromatic amines is 1. The minimum atomic E-state index is 0. The molecular formula is C20H27N4O+. The van der Waals surface area contributed by atoms with Crippen molar-refractivity contribution < 1.29 is 6.22 Å². The van der Waals surface area contributed by atoms with E-state index in [2.05, 4.69) is 52.7 Å². The Hall–Kier alpha value is -2.27. The summed E-state index contributed by atoms with van der Waals surface area (Å²) in [4.78, 5) is 20.0. The van der Waals surface area contributed by atoms with Crippen molar-refractivity contribution in [1.82, 2.24) is 20.1 Å². The molecule has 1 aromatic heterocycles. The molecule has 0 fully saturated rings. The number of fused-ring (bicyclic) bond motifs is 2. The van der Waals surface area contributed by atoms with Gasteiger partial charge in [-0.05, 0) is 50.1 Å². The van der Waals surface area contributed by atoms with Gasteiger partial charge in [-0.1, -0.05) is 18.2 Å². The molecule has 2 N–H and O–H groups in total. The maximum absolute atomic E-state index is 12.4. The Morgan fingerprint density at radius 1 is 1.40 bits per heavy atom. The zero-order valence-electron chi connectivity index (χ0n) is 16.2. The summed E-state index contributed by atoms with van der Waals surface area (Å²) in [6.07, 6.45) is 5.44. The summed E-state index contributed by atoms with van der Waals surface area (Å²) < 4.78 is 0. The first-order valence-corrected chi connectivity index (χ1v) is 9.19. The number of carbonyl (C=O) groups is 1. The van der Waals surface area contributed by atoms with Gasteiger partial charge in [0, 0.05) is 42.8 Å². The molecule has 0 radical (unpaired) electrons. The van der Waals surface area contributed by atoms with Crippen molar-refractivity contribution in [3.05, 3.63) is 41.6 Å². The fourth-order valence-corrected chi connectivity index (χ4v) is 4.30. The van der Waals surface area contributed by atoms with E-state index in [0.717, 1.165) is 26.1 Å². The topological polar surface area (TPSA) is 51.4 Å². The van der Waals surface area contributed by atoms with Crippen molar-refractivity contribution in [3.63, 3.8) is 0 Å². The number of H-pyrrole nitrogens is 1. The van der Waals surface area contributed by atoms with Gasteiger partial charge in [-0.25, -0.2) is 4.79 Å². The number of aromatic nitrogens is 1. The molecule has 2 aromatic rings. The van der Waals surface area contributed by atoms with Crippen LogP contribution < -0.4 is 5.32 Å². The molecule has 2 heterocycles. The highest BCUT2D eigenvalue weighted by molar-refractivity contribution is 5.98. The van der Waals surface area contributed by atoms with Crippen LogP contribution in [0.4, 0.5) is 4.79 Å². The fraction of sp³-hybridized carbons (Fsp3) is 0.450. The summed E-state index contributed by atoms with van der Waals surface area (Å²) in [7, 11) is 2.16. The molecule has 0 bridgehead atoms. The predicted molar refractivity (Wildman–Crippen MR) is 103 cm³/mol. The molecule has 2 atom stereocenters. The Morgan fingerprint density at radius 2 is 2.20 bits per heavy atom. The SMILES string of the molecule is CCN(CC)C(=O)N[C@H]1C=C2c3cccc4[nH]cc(c34)C[C@H]2N(C)C1.[H+]. The van der Waals surface area contributed by atoms with E-state index in [-0.39, 0.29) is 13.5 Å². The summed E-state index contributed by atoms with van der Waals surface area (Å²) in [5, 5.41) is 4.54. The molecular weight excluding hydrogens is 312 g/mol. The quantitative estimate of drug-likeness (QED) is 0.903. The lowest BCUT2D eigenvalue weighted by Crippen LogP contribution is -2.52. The molecule has 1 aromatic carbocycles. The second kappa shape index (κ2) is 6.23. The summed E-state index contributed by atoms with van der Waals surface area (Å²) >= 11 is 0. The Labute approximate surface area is 150 Å². The molecule has 1 aliphatic heterocycles. The van der Waals surface area contributed by atoms with Gasteiger partial charge >= 0.3 is 7.46 Å². The van der Waals surface area contributed by atoms with Crippen LogP contribution in [0.5, 0.6) is 0 Å². The lowest BCUT2D eigenvalue weighted by molar-refractivity contribution is 0.193. The van der Waals surface area contributed by atoms with Gasteiger partial charge in [0.25, 0.3) is 0 Å². The van der Waals surface area contributed by atoms with E-state index >= 15 is 0 Å². The average molecular weight is 339 g/mol. The molecule has 132 valence electrons. The highest BCUT2D eigenvalue weighted by atomic mass is 16.2. The molecule has 1 aliphatic carbocycles. The Bertz CT molecular complexity index is 839. The van der Waals surface area contributed by atoms with Crippen LogP contribution in [0, 0.1) is 0 Å². The smallest absolute Gasteiger partial charge is 0.361 e.